The standard InChI is InChI=1S/C27H42O4/c1-15-7-10-27(30-14-15)16(2)24-23(31-27)12-20-18-6-5-17-11-21(28)22(29)13-26(17,4)19(18)8-9-25(20,24)3/h5,15-16,18-24,28-29H,6-14H2,1-4H3/t15-,16-,18+,19+,20-,21+,22+,23-,24-,25-,26-,27+/m0/s1. The van der Waals surface area contributed by atoms with Crippen LogP contribution >= 0.6 is 0 Å². The number of rotatable bonds is 0. The van der Waals surface area contributed by atoms with Crippen molar-refractivity contribution in [2.45, 2.75) is 103 Å². The molecule has 0 aromatic carbocycles. The first kappa shape index (κ1) is 21.1. The third kappa shape index (κ3) is 2.74. The number of aliphatic hydroxyl groups excluding tert-OH is 2. The lowest BCUT2D eigenvalue weighted by molar-refractivity contribution is -0.272. The van der Waals surface area contributed by atoms with Crippen molar-refractivity contribution in [1.29, 1.82) is 0 Å². The van der Waals surface area contributed by atoms with Crippen LogP contribution in [0, 0.1) is 46.3 Å². The SMILES string of the molecule is C[C@H]1CC[C@@]2(OC1)O[C@H]1C[C@H]3[C@@H]4CC=C5C[C@@H](O)[C@H](O)C[C@]5(C)[C@@H]4CC[C@]3(C)[C@H]1[C@@H]2C. The van der Waals surface area contributed by atoms with E-state index in [9.17, 15) is 10.2 Å². The van der Waals surface area contributed by atoms with E-state index in [2.05, 4.69) is 33.8 Å². The molecular formula is C27H42O4. The molecular weight excluding hydrogens is 388 g/mol. The first-order chi connectivity index (χ1) is 14.7. The first-order valence-electron chi connectivity index (χ1n) is 13.1. The quantitative estimate of drug-likeness (QED) is 0.548. The van der Waals surface area contributed by atoms with Crippen LogP contribution in [0.4, 0.5) is 0 Å². The molecule has 2 saturated heterocycles. The molecule has 5 fully saturated rings. The second kappa shape index (κ2) is 6.81. The monoisotopic (exact) mass is 430 g/mol. The van der Waals surface area contributed by atoms with Gasteiger partial charge in [-0.3, -0.25) is 0 Å². The zero-order valence-corrected chi connectivity index (χ0v) is 19.8. The van der Waals surface area contributed by atoms with Crippen molar-refractivity contribution in [3.05, 3.63) is 11.6 Å². The van der Waals surface area contributed by atoms with Gasteiger partial charge in [0.15, 0.2) is 5.79 Å². The van der Waals surface area contributed by atoms with Crippen molar-refractivity contribution in [2.75, 3.05) is 6.61 Å². The van der Waals surface area contributed by atoms with E-state index in [-0.39, 0.29) is 11.2 Å². The van der Waals surface area contributed by atoms with Gasteiger partial charge in [0.25, 0.3) is 0 Å². The van der Waals surface area contributed by atoms with Crippen LogP contribution in [0.5, 0.6) is 0 Å². The summed E-state index contributed by atoms with van der Waals surface area (Å²) in [6.07, 6.45) is 10.1. The van der Waals surface area contributed by atoms with E-state index in [1.165, 1.54) is 31.3 Å². The molecule has 4 nitrogen and oxygen atoms in total. The third-order valence-corrected chi connectivity index (χ3v) is 11.4. The zero-order valence-electron chi connectivity index (χ0n) is 19.8. The Kier molecular flexibility index (Phi) is 4.64. The summed E-state index contributed by atoms with van der Waals surface area (Å²) in [5, 5.41) is 20.8. The minimum Gasteiger partial charge on any atom is -0.390 e. The van der Waals surface area contributed by atoms with Crippen LogP contribution in [0.25, 0.3) is 0 Å². The van der Waals surface area contributed by atoms with Gasteiger partial charge in [-0.1, -0.05) is 39.3 Å². The predicted molar refractivity (Wildman–Crippen MR) is 119 cm³/mol. The summed E-state index contributed by atoms with van der Waals surface area (Å²) < 4.78 is 13.3. The van der Waals surface area contributed by atoms with E-state index >= 15 is 0 Å². The van der Waals surface area contributed by atoms with E-state index in [1.807, 2.05) is 0 Å². The molecule has 2 heterocycles. The maximum atomic E-state index is 10.5. The maximum absolute atomic E-state index is 10.5. The number of hydrogen-bond donors (Lipinski definition) is 2. The van der Waals surface area contributed by atoms with Gasteiger partial charge in [-0.05, 0) is 85.4 Å². The maximum Gasteiger partial charge on any atom is 0.171 e. The number of aliphatic hydroxyl groups is 2. The van der Waals surface area contributed by atoms with Gasteiger partial charge in [0.2, 0.25) is 0 Å². The van der Waals surface area contributed by atoms with Gasteiger partial charge in [-0.2, -0.15) is 0 Å². The van der Waals surface area contributed by atoms with Crippen LogP contribution in [0.15, 0.2) is 11.6 Å². The highest BCUT2D eigenvalue weighted by Gasteiger charge is 2.68. The fourth-order valence-electron chi connectivity index (χ4n) is 9.71. The summed E-state index contributed by atoms with van der Waals surface area (Å²) in [5.41, 5.74) is 1.80. The van der Waals surface area contributed by atoms with Crippen molar-refractivity contribution in [2.24, 2.45) is 46.3 Å². The van der Waals surface area contributed by atoms with E-state index in [1.54, 1.807) is 0 Å². The number of allylic oxidation sites excluding steroid dienone is 1. The minimum atomic E-state index is -0.584. The fraction of sp³-hybridized carbons (Fsp3) is 0.926. The molecule has 31 heavy (non-hydrogen) atoms. The molecule has 0 amide bonds. The largest absolute Gasteiger partial charge is 0.390 e. The van der Waals surface area contributed by atoms with Crippen LogP contribution in [-0.2, 0) is 9.47 Å². The van der Waals surface area contributed by atoms with E-state index in [0.717, 1.165) is 25.9 Å². The molecule has 6 rings (SSSR count). The summed E-state index contributed by atoms with van der Waals surface area (Å²) in [5.74, 6) is 3.39. The predicted octanol–water partition coefficient (Wildman–Crippen LogP) is 4.68. The second-order valence-electron chi connectivity index (χ2n) is 12.8. The normalized spacial score (nSPS) is 60.7. The Labute approximate surface area is 187 Å². The van der Waals surface area contributed by atoms with Gasteiger partial charge < -0.3 is 19.7 Å². The summed E-state index contributed by atoms with van der Waals surface area (Å²) in [4.78, 5) is 0. The minimum absolute atomic E-state index is 0.0525. The van der Waals surface area contributed by atoms with Gasteiger partial charge in [0.05, 0.1) is 24.9 Å². The van der Waals surface area contributed by atoms with Crippen molar-refractivity contribution in [1.82, 2.24) is 0 Å². The van der Waals surface area contributed by atoms with E-state index in [0.29, 0.717) is 53.4 Å². The lowest BCUT2D eigenvalue weighted by atomic mass is 9.46. The van der Waals surface area contributed by atoms with Crippen LogP contribution in [0.3, 0.4) is 0 Å². The average molecular weight is 431 g/mol. The van der Waals surface area contributed by atoms with Gasteiger partial charge in [-0.25, -0.2) is 0 Å². The Hall–Kier alpha value is -0.420. The smallest absolute Gasteiger partial charge is 0.171 e. The Bertz CT molecular complexity index is 769. The Morgan fingerprint density at radius 1 is 1.03 bits per heavy atom. The lowest BCUT2D eigenvalue weighted by Crippen LogP contribution is -2.54. The van der Waals surface area contributed by atoms with Crippen molar-refractivity contribution in [3.8, 4) is 0 Å². The van der Waals surface area contributed by atoms with Crippen molar-refractivity contribution in [3.63, 3.8) is 0 Å². The molecule has 2 N–H and O–H groups in total. The molecule has 0 bridgehead atoms. The average Bonchev–Trinajstić information content (AvgIpc) is 3.16. The molecule has 4 heteroatoms. The first-order valence-corrected chi connectivity index (χ1v) is 13.1. The summed E-state index contributed by atoms with van der Waals surface area (Å²) >= 11 is 0. The topological polar surface area (TPSA) is 58.9 Å². The Balaban J connectivity index is 1.28. The highest BCUT2D eigenvalue weighted by molar-refractivity contribution is 5.27. The van der Waals surface area contributed by atoms with Gasteiger partial charge in [0, 0.05) is 12.3 Å². The van der Waals surface area contributed by atoms with Gasteiger partial charge in [0.1, 0.15) is 0 Å². The number of fused-ring (bicyclic) bond motifs is 7. The highest BCUT2D eigenvalue weighted by Crippen LogP contribution is 2.70. The third-order valence-electron chi connectivity index (χ3n) is 11.4. The number of hydrogen-bond acceptors (Lipinski definition) is 4. The summed E-state index contributed by atoms with van der Waals surface area (Å²) in [7, 11) is 0. The molecule has 0 radical (unpaired) electrons. The fourth-order valence-corrected chi connectivity index (χ4v) is 9.71. The Morgan fingerprint density at radius 3 is 2.58 bits per heavy atom. The van der Waals surface area contributed by atoms with Gasteiger partial charge in [-0.15, -0.1) is 0 Å². The van der Waals surface area contributed by atoms with Crippen LogP contribution in [0.1, 0.15) is 79.1 Å². The second-order valence-corrected chi connectivity index (χ2v) is 12.8. The highest BCUT2D eigenvalue weighted by atomic mass is 16.7. The molecule has 0 aromatic rings. The molecule has 2 aliphatic heterocycles. The van der Waals surface area contributed by atoms with E-state index in [4.69, 9.17) is 9.47 Å². The lowest BCUT2D eigenvalue weighted by Gasteiger charge is -2.59. The van der Waals surface area contributed by atoms with Crippen LogP contribution < -0.4 is 0 Å². The molecule has 4 aliphatic carbocycles. The van der Waals surface area contributed by atoms with Gasteiger partial charge >= 0.3 is 0 Å². The molecule has 6 aliphatic rings. The van der Waals surface area contributed by atoms with Crippen molar-refractivity contribution < 1.29 is 19.7 Å². The summed E-state index contributed by atoms with van der Waals surface area (Å²) in [6.45, 7) is 10.5. The van der Waals surface area contributed by atoms with E-state index < -0.39 is 12.2 Å². The number of ether oxygens (including phenoxy) is 2. The molecule has 1 spiro atoms. The van der Waals surface area contributed by atoms with Crippen LogP contribution in [-0.4, -0.2) is 40.9 Å². The molecule has 12 atom stereocenters. The Morgan fingerprint density at radius 2 is 1.84 bits per heavy atom. The zero-order chi connectivity index (χ0) is 21.8. The van der Waals surface area contributed by atoms with Crippen LogP contribution in [0.2, 0.25) is 0 Å². The molecule has 3 saturated carbocycles. The molecule has 0 unspecified atom stereocenters. The van der Waals surface area contributed by atoms with Crippen molar-refractivity contribution >= 4 is 0 Å². The summed E-state index contributed by atoms with van der Waals surface area (Å²) in [6, 6.07) is 0. The molecule has 0 aromatic heterocycles. The molecule has 174 valence electrons.